The number of aliphatic carboxylic acids is 1. The number of carboxylic acids is 1. The molecule has 0 saturated carbocycles. The van der Waals surface area contributed by atoms with Gasteiger partial charge in [0.2, 0.25) is 6.61 Å². The standard InChI is InChI=1S/C20H23N5O7S2/c1-3-5-6-31-12(26)7-32-24-13(11-9-34-20(21)22-11)16(27)23-14-17(28)25-15(19(29)30)10(4-2)8-33-18(14)25/h4,9,14,18H,2-3,5-8H2,1H3,(H2,21,22)(H,23,27)(H,29,30)/t14?,18-/m0/s1. The zero-order valence-corrected chi connectivity index (χ0v) is 19.8. The molecule has 2 atom stereocenters. The van der Waals surface area contributed by atoms with E-state index in [0.717, 1.165) is 22.7 Å². The zero-order chi connectivity index (χ0) is 24.8. The van der Waals surface area contributed by atoms with E-state index in [1.54, 1.807) is 0 Å². The van der Waals surface area contributed by atoms with Crippen LogP contribution < -0.4 is 11.1 Å². The normalized spacial score (nSPS) is 19.7. The molecule has 2 aliphatic heterocycles. The molecule has 0 bridgehead atoms. The molecule has 3 heterocycles. The minimum Gasteiger partial charge on any atom is -0.477 e. The van der Waals surface area contributed by atoms with E-state index in [1.807, 2.05) is 6.92 Å². The molecule has 1 aromatic rings. The van der Waals surface area contributed by atoms with E-state index in [9.17, 15) is 24.3 Å². The summed E-state index contributed by atoms with van der Waals surface area (Å²) in [4.78, 5) is 59.2. The third-order valence-corrected chi connectivity index (χ3v) is 6.79. The summed E-state index contributed by atoms with van der Waals surface area (Å²) in [5.41, 5.74) is 5.73. The summed E-state index contributed by atoms with van der Waals surface area (Å²) in [6.07, 6.45) is 2.96. The van der Waals surface area contributed by atoms with Crippen molar-refractivity contribution in [2.45, 2.75) is 31.2 Å². The summed E-state index contributed by atoms with van der Waals surface area (Å²) >= 11 is 2.36. The van der Waals surface area contributed by atoms with Gasteiger partial charge in [-0.05, 0) is 12.0 Å². The second kappa shape index (κ2) is 11.2. The number of esters is 1. The van der Waals surface area contributed by atoms with Crippen LogP contribution in [0.3, 0.4) is 0 Å². The Hall–Kier alpha value is -3.39. The Morgan fingerprint density at radius 1 is 1.47 bits per heavy atom. The Kier molecular flexibility index (Phi) is 8.28. The Morgan fingerprint density at radius 3 is 2.85 bits per heavy atom. The molecule has 14 heteroatoms. The highest BCUT2D eigenvalue weighted by atomic mass is 32.2. The Labute approximate surface area is 202 Å². The van der Waals surface area contributed by atoms with E-state index < -0.39 is 41.8 Å². The predicted molar refractivity (Wildman–Crippen MR) is 125 cm³/mol. The lowest BCUT2D eigenvalue weighted by Crippen LogP contribution is -2.71. The van der Waals surface area contributed by atoms with Crippen LogP contribution in [0.2, 0.25) is 0 Å². The SMILES string of the molecule is C=CC1=C(C(=O)O)N2C(=O)C(NC(=O)C(=NOCC(=O)OCCCC)c3csc(N)n3)[C@@H]2SC1. The number of allylic oxidation sites excluding steroid dienone is 1. The van der Waals surface area contributed by atoms with E-state index in [-0.39, 0.29) is 28.8 Å². The molecule has 12 nitrogen and oxygen atoms in total. The van der Waals surface area contributed by atoms with Crippen LogP contribution >= 0.6 is 23.1 Å². The highest BCUT2D eigenvalue weighted by Gasteiger charge is 2.54. The zero-order valence-electron chi connectivity index (χ0n) is 18.2. The minimum atomic E-state index is -1.25. The summed E-state index contributed by atoms with van der Waals surface area (Å²) in [5.74, 6) is -2.96. The summed E-state index contributed by atoms with van der Waals surface area (Å²) in [6.45, 7) is 5.27. The van der Waals surface area contributed by atoms with Gasteiger partial charge in [0.15, 0.2) is 10.8 Å². The number of carbonyl (C=O) groups is 4. The van der Waals surface area contributed by atoms with E-state index in [1.165, 1.54) is 23.2 Å². The number of fused-ring (bicyclic) bond motifs is 1. The van der Waals surface area contributed by atoms with Crippen molar-refractivity contribution >= 4 is 57.7 Å². The van der Waals surface area contributed by atoms with Crippen molar-refractivity contribution in [3.63, 3.8) is 0 Å². The molecule has 0 radical (unpaired) electrons. The number of hydrogen-bond acceptors (Lipinski definition) is 11. The van der Waals surface area contributed by atoms with E-state index in [0.29, 0.717) is 17.7 Å². The molecule has 0 aromatic carbocycles. The molecule has 1 saturated heterocycles. The first-order valence-corrected chi connectivity index (χ1v) is 12.1. The van der Waals surface area contributed by atoms with Crippen LogP contribution in [0.5, 0.6) is 0 Å². The van der Waals surface area contributed by atoms with Crippen molar-refractivity contribution in [1.82, 2.24) is 15.2 Å². The Balaban J connectivity index is 1.71. The van der Waals surface area contributed by atoms with Gasteiger partial charge in [-0.15, -0.1) is 23.1 Å². The number of carboxylic acid groups (broad SMARTS) is 1. The van der Waals surface area contributed by atoms with Gasteiger partial charge < -0.3 is 25.7 Å². The number of nitrogens with zero attached hydrogens (tertiary/aromatic N) is 3. The number of rotatable bonds is 11. The maximum Gasteiger partial charge on any atom is 0.352 e. The fourth-order valence-electron chi connectivity index (χ4n) is 3.13. The number of oxime groups is 1. The molecule has 0 spiro atoms. The van der Waals surface area contributed by atoms with Gasteiger partial charge in [-0.25, -0.2) is 14.6 Å². The van der Waals surface area contributed by atoms with E-state index in [2.05, 4.69) is 22.0 Å². The molecule has 0 aliphatic carbocycles. The van der Waals surface area contributed by atoms with Crippen LogP contribution in [0, 0.1) is 0 Å². The Morgan fingerprint density at radius 2 is 2.24 bits per heavy atom. The van der Waals surface area contributed by atoms with Gasteiger partial charge in [-0.3, -0.25) is 14.5 Å². The molecule has 34 heavy (non-hydrogen) atoms. The van der Waals surface area contributed by atoms with Crippen molar-refractivity contribution in [1.29, 1.82) is 0 Å². The second-order valence-electron chi connectivity index (χ2n) is 7.10. The predicted octanol–water partition coefficient (Wildman–Crippen LogP) is 0.714. The number of ether oxygens (including phenoxy) is 1. The van der Waals surface area contributed by atoms with Crippen LogP contribution in [-0.4, -0.2) is 74.8 Å². The van der Waals surface area contributed by atoms with Crippen molar-refractivity contribution in [2.24, 2.45) is 5.16 Å². The lowest BCUT2D eigenvalue weighted by Gasteiger charge is -2.49. The largest absolute Gasteiger partial charge is 0.477 e. The van der Waals surface area contributed by atoms with Gasteiger partial charge in [-0.2, -0.15) is 0 Å². The molecular formula is C20H23N5O7S2. The molecule has 3 rings (SSSR count). The number of hydrogen-bond donors (Lipinski definition) is 3. The maximum atomic E-state index is 13.0. The average molecular weight is 510 g/mol. The van der Waals surface area contributed by atoms with Crippen LogP contribution in [0.1, 0.15) is 25.5 Å². The summed E-state index contributed by atoms with van der Waals surface area (Å²) in [6, 6.07) is -0.988. The lowest BCUT2D eigenvalue weighted by molar-refractivity contribution is -0.150. The van der Waals surface area contributed by atoms with Gasteiger partial charge in [0.05, 0.1) is 6.61 Å². The third-order valence-electron chi connectivity index (χ3n) is 4.81. The molecule has 1 fully saturated rings. The first-order valence-electron chi connectivity index (χ1n) is 10.2. The third kappa shape index (κ3) is 5.39. The number of thioether (sulfide) groups is 1. The summed E-state index contributed by atoms with van der Waals surface area (Å²) in [5, 5.41) is 16.8. The molecule has 4 N–H and O–H groups in total. The average Bonchev–Trinajstić information content (AvgIpc) is 3.24. The summed E-state index contributed by atoms with van der Waals surface area (Å²) in [7, 11) is 0. The maximum absolute atomic E-state index is 13.0. The number of aromatic nitrogens is 1. The minimum absolute atomic E-state index is 0.0966. The van der Waals surface area contributed by atoms with Gasteiger partial charge in [0, 0.05) is 11.1 Å². The van der Waals surface area contributed by atoms with Crippen LogP contribution in [0.25, 0.3) is 0 Å². The highest BCUT2D eigenvalue weighted by molar-refractivity contribution is 8.00. The topological polar surface area (TPSA) is 174 Å². The van der Waals surface area contributed by atoms with Crippen molar-refractivity contribution in [2.75, 3.05) is 24.7 Å². The number of β-lactam (4-membered cyclic amide) rings is 1. The van der Waals surface area contributed by atoms with Gasteiger partial charge in [0.25, 0.3) is 11.8 Å². The quantitative estimate of drug-likeness (QED) is 0.127. The number of carbonyl (C=O) groups excluding carboxylic acids is 3. The van der Waals surface area contributed by atoms with Crippen molar-refractivity contribution < 1.29 is 33.9 Å². The van der Waals surface area contributed by atoms with Crippen LogP contribution in [0.15, 0.2) is 34.5 Å². The fourth-order valence-corrected chi connectivity index (χ4v) is 5.02. The number of thiazole rings is 1. The first-order chi connectivity index (χ1) is 16.3. The number of amides is 2. The lowest BCUT2D eigenvalue weighted by atomic mass is 10.0. The monoisotopic (exact) mass is 509 g/mol. The number of nitrogens with two attached hydrogens (primary N) is 1. The first kappa shape index (κ1) is 25.2. The molecule has 1 unspecified atom stereocenters. The number of nitrogen functional groups attached to an aromatic ring is 1. The number of nitrogens with one attached hydrogen (secondary N) is 1. The number of unbranched alkanes of at least 4 members (excludes halogenated alkanes) is 1. The van der Waals surface area contributed by atoms with Crippen molar-refractivity contribution in [3.8, 4) is 0 Å². The summed E-state index contributed by atoms with van der Waals surface area (Å²) < 4.78 is 4.97. The van der Waals surface area contributed by atoms with Crippen LogP contribution in [0.4, 0.5) is 5.13 Å². The van der Waals surface area contributed by atoms with Crippen molar-refractivity contribution in [3.05, 3.63) is 35.0 Å². The molecule has 2 aliphatic rings. The molecular weight excluding hydrogens is 486 g/mol. The molecule has 1 aromatic heterocycles. The van der Waals surface area contributed by atoms with Gasteiger partial charge in [-0.1, -0.05) is 31.2 Å². The van der Waals surface area contributed by atoms with E-state index in [4.69, 9.17) is 15.3 Å². The van der Waals surface area contributed by atoms with Gasteiger partial charge >= 0.3 is 11.9 Å². The molecule has 182 valence electrons. The second-order valence-corrected chi connectivity index (χ2v) is 9.10. The smallest absolute Gasteiger partial charge is 0.352 e. The number of anilines is 1. The molecule has 2 amide bonds. The highest BCUT2D eigenvalue weighted by Crippen LogP contribution is 2.40. The Bertz CT molecular complexity index is 1070. The fraction of sp³-hybridized carbons (Fsp3) is 0.400. The van der Waals surface area contributed by atoms with E-state index >= 15 is 0 Å². The van der Waals surface area contributed by atoms with Crippen LogP contribution in [-0.2, 0) is 28.8 Å². The van der Waals surface area contributed by atoms with Gasteiger partial charge in [0.1, 0.15) is 22.8 Å².